The van der Waals surface area contributed by atoms with Gasteiger partial charge in [0.1, 0.15) is 10.7 Å². The maximum absolute atomic E-state index is 13.4. The van der Waals surface area contributed by atoms with Crippen LogP contribution in [-0.4, -0.2) is 29.7 Å². The van der Waals surface area contributed by atoms with Gasteiger partial charge in [-0.1, -0.05) is 0 Å². The Morgan fingerprint density at radius 2 is 2.16 bits per heavy atom. The first-order chi connectivity index (χ1) is 8.90. The van der Waals surface area contributed by atoms with E-state index in [9.17, 15) is 17.6 Å². The predicted octanol–water partition coefficient (Wildman–Crippen LogP) is 1.05. The molecular formula is C10H8FN3O4S. The van der Waals surface area contributed by atoms with E-state index in [4.69, 9.17) is 5.11 Å². The van der Waals surface area contributed by atoms with Crippen LogP contribution < -0.4 is 4.72 Å². The van der Waals surface area contributed by atoms with Gasteiger partial charge in [-0.25, -0.2) is 17.6 Å². The number of hydrogen-bond acceptors (Lipinski definition) is 4. The minimum absolute atomic E-state index is 0.0799. The molecule has 0 radical (unpaired) electrons. The van der Waals surface area contributed by atoms with Crippen molar-refractivity contribution in [3.05, 3.63) is 42.0 Å². The number of rotatable bonds is 4. The number of hydrogen-bond donors (Lipinski definition) is 3. The summed E-state index contributed by atoms with van der Waals surface area (Å²) in [6, 6.07) is 2.93. The molecule has 1 heterocycles. The molecular weight excluding hydrogens is 277 g/mol. The molecule has 2 aromatic rings. The lowest BCUT2D eigenvalue weighted by Gasteiger charge is -2.07. The third-order valence-corrected chi connectivity index (χ3v) is 3.58. The number of halogens is 1. The van der Waals surface area contributed by atoms with Crippen LogP contribution in [0.25, 0.3) is 0 Å². The number of aromatic amines is 1. The van der Waals surface area contributed by atoms with Gasteiger partial charge in [-0.3, -0.25) is 9.82 Å². The maximum atomic E-state index is 13.4. The normalized spacial score (nSPS) is 11.2. The third-order valence-electron chi connectivity index (χ3n) is 2.24. The predicted molar refractivity (Wildman–Crippen MR) is 62.8 cm³/mol. The molecule has 1 aromatic heterocycles. The molecule has 0 unspecified atom stereocenters. The molecule has 7 nitrogen and oxygen atoms in total. The number of nitrogens with zero attached hydrogens (tertiary/aromatic N) is 1. The fourth-order valence-corrected chi connectivity index (χ4v) is 2.31. The monoisotopic (exact) mass is 285 g/mol. The zero-order chi connectivity index (χ0) is 14.0. The number of carbonyl (C=O) groups is 1. The Morgan fingerprint density at radius 1 is 1.42 bits per heavy atom. The van der Waals surface area contributed by atoms with Crippen LogP contribution >= 0.6 is 0 Å². The van der Waals surface area contributed by atoms with Gasteiger partial charge >= 0.3 is 5.97 Å². The molecule has 0 saturated heterocycles. The lowest BCUT2D eigenvalue weighted by Crippen LogP contribution is -2.13. The number of H-pyrrole nitrogens is 1. The van der Waals surface area contributed by atoms with Crippen molar-refractivity contribution in [2.45, 2.75) is 4.90 Å². The number of carboxylic acid groups (broad SMARTS) is 1. The van der Waals surface area contributed by atoms with E-state index in [1.54, 1.807) is 0 Å². The minimum Gasteiger partial charge on any atom is -0.478 e. The van der Waals surface area contributed by atoms with Crippen LogP contribution in [0.2, 0.25) is 0 Å². The van der Waals surface area contributed by atoms with Crippen molar-refractivity contribution in [1.82, 2.24) is 10.2 Å². The number of carboxylic acids is 1. The first-order valence-corrected chi connectivity index (χ1v) is 6.43. The van der Waals surface area contributed by atoms with Crippen molar-refractivity contribution < 1.29 is 22.7 Å². The molecule has 3 N–H and O–H groups in total. The Hall–Kier alpha value is -2.42. The average molecular weight is 285 g/mol. The summed E-state index contributed by atoms with van der Waals surface area (Å²) in [7, 11) is -3.88. The first kappa shape index (κ1) is 13.0. The Bertz CT molecular complexity index is 712. The number of aromatic nitrogens is 2. The van der Waals surface area contributed by atoms with Gasteiger partial charge in [0.2, 0.25) is 0 Å². The lowest BCUT2D eigenvalue weighted by atomic mass is 10.2. The molecule has 0 spiro atoms. The van der Waals surface area contributed by atoms with Crippen LogP contribution in [0.15, 0.2) is 35.5 Å². The van der Waals surface area contributed by atoms with Crippen LogP contribution in [0.5, 0.6) is 0 Å². The molecule has 0 aliphatic rings. The van der Waals surface area contributed by atoms with Crippen molar-refractivity contribution in [2.75, 3.05) is 4.72 Å². The van der Waals surface area contributed by atoms with Crippen molar-refractivity contribution in [1.29, 1.82) is 0 Å². The summed E-state index contributed by atoms with van der Waals surface area (Å²) < 4.78 is 39.1. The highest BCUT2D eigenvalue weighted by molar-refractivity contribution is 7.92. The number of benzene rings is 1. The van der Waals surface area contributed by atoms with Crippen molar-refractivity contribution in [2.24, 2.45) is 0 Å². The molecule has 0 saturated carbocycles. The van der Waals surface area contributed by atoms with E-state index in [-0.39, 0.29) is 10.6 Å². The summed E-state index contributed by atoms with van der Waals surface area (Å²) in [6.45, 7) is 0. The van der Waals surface area contributed by atoms with Crippen LogP contribution in [0.3, 0.4) is 0 Å². The Morgan fingerprint density at radius 3 is 2.68 bits per heavy atom. The van der Waals surface area contributed by atoms with Crippen LogP contribution in [0, 0.1) is 5.82 Å². The van der Waals surface area contributed by atoms with E-state index in [1.807, 2.05) is 0 Å². The number of sulfonamides is 1. The van der Waals surface area contributed by atoms with Gasteiger partial charge in [-0.15, -0.1) is 0 Å². The van der Waals surface area contributed by atoms with E-state index in [0.29, 0.717) is 0 Å². The summed E-state index contributed by atoms with van der Waals surface area (Å²) in [5.41, 5.74) is -0.616. The van der Waals surface area contributed by atoms with Gasteiger partial charge in [0, 0.05) is 6.20 Å². The molecule has 2 rings (SSSR count). The second-order valence-corrected chi connectivity index (χ2v) is 5.22. The zero-order valence-corrected chi connectivity index (χ0v) is 10.1. The Balaban J connectivity index is 2.30. The van der Waals surface area contributed by atoms with Gasteiger partial charge < -0.3 is 5.11 Å². The lowest BCUT2D eigenvalue weighted by molar-refractivity contribution is 0.0692. The van der Waals surface area contributed by atoms with Gasteiger partial charge in [0.05, 0.1) is 17.4 Å². The number of nitrogens with one attached hydrogen (secondary N) is 2. The molecule has 0 aliphatic heterocycles. The molecule has 0 fully saturated rings. The summed E-state index contributed by atoms with van der Waals surface area (Å²) >= 11 is 0. The fourth-order valence-electron chi connectivity index (χ4n) is 1.35. The van der Waals surface area contributed by atoms with E-state index >= 15 is 0 Å². The standard InChI is InChI=1S/C10H8FN3O4S/c11-9-3-6(1-2-8(9)10(15)16)14-19(17,18)7-4-12-13-5-7/h1-5,14H,(H,12,13)(H,15,16). The van der Waals surface area contributed by atoms with E-state index < -0.39 is 27.4 Å². The summed E-state index contributed by atoms with van der Waals surface area (Å²) in [4.78, 5) is 10.5. The quantitative estimate of drug-likeness (QED) is 0.777. The molecule has 0 bridgehead atoms. The van der Waals surface area contributed by atoms with Gasteiger partial charge in [0.25, 0.3) is 10.0 Å². The molecule has 0 atom stereocenters. The minimum atomic E-state index is -3.88. The van der Waals surface area contributed by atoms with Crippen LogP contribution in [0.4, 0.5) is 10.1 Å². The molecule has 1 aromatic carbocycles. The molecule has 9 heteroatoms. The Labute approximate surface area is 107 Å². The molecule has 0 amide bonds. The van der Waals surface area contributed by atoms with Gasteiger partial charge in [0.15, 0.2) is 0 Å². The summed E-state index contributed by atoms with van der Waals surface area (Å²) in [6.07, 6.45) is 2.24. The third kappa shape index (κ3) is 2.71. The second-order valence-electron chi connectivity index (χ2n) is 3.54. The van der Waals surface area contributed by atoms with E-state index in [2.05, 4.69) is 14.9 Å². The van der Waals surface area contributed by atoms with Crippen LogP contribution in [-0.2, 0) is 10.0 Å². The van der Waals surface area contributed by atoms with Crippen LogP contribution in [0.1, 0.15) is 10.4 Å². The van der Waals surface area contributed by atoms with E-state index in [1.165, 1.54) is 0 Å². The summed E-state index contributed by atoms with van der Waals surface area (Å²) in [5.74, 6) is -2.46. The zero-order valence-electron chi connectivity index (χ0n) is 9.29. The highest BCUT2D eigenvalue weighted by atomic mass is 32.2. The van der Waals surface area contributed by atoms with Crippen molar-refractivity contribution in [3.8, 4) is 0 Å². The maximum Gasteiger partial charge on any atom is 0.338 e. The Kier molecular flexibility index (Phi) is 3.21. The smallest absolute Gasteiger partial charge is 0.338 e. The topological polar surface area (TPSA) is 112 Å². The number of anilines is 1. The van der Waals surface area contributed by atoms with E-state index in [0.717, 1.165) is 30.6 Å². The average Bonchev–Trinajstić information content (AvgIpc) is 2.81. The first-order valence-electron chi connectivity index (χ1n) is 4.94. The largest absolute Gasteiger partial charge is 0.478 e. The van der Waals surface area contributed by atoms with Crippen molar-refractivity contribution >= 4 is 21.7 Å². The van der Waals surface area contributed by atoms with Gasteiger partial charge in [-0.2, -0.15) is 5.10 Å². The second kappa shape index (κ2) is 4.69. The fraction of sp³-hybridized carbons (Fsp3) is 0. The molecule has 0 aliphatic carbocycles. The molecule has 19 heavy (non-hydrogen) atoms. The van der Waals surface area contributed by atoms with Gasteiger partial charge in [-0.05, 0) is 18.2 Å². The van der Waals surface area contributed by atoms with Crippen molar-refractivity contribution in [3.63, 3.8) is 0 Å². The highest BCUT2D eigenvalue weighted by Gasteiger charge is 2.17. The SMILES string of the molecule is O=C(O)c1ccc(NS(=O)(=O)c2cn[nH]c2)cc1F. The highest BCUT2D eigenvalue weighted by Crippen LogP contribution is 2.18. The number of aromatic carboxylic acids is 1. The summed E-state index contributed by atoms with van der Waals surface area (Å²) in [5, 5.41) is 14.5. The molecule has 100 valence electrons.